The van der Waals surface area contributed by atoms with Crippen molar-refractivity contribution >= 4 is 11.4 Å². The molecule has 0 aliphatic heterocycles. The summed E-state index contributed by atoms with van der Waals surface area (Å²) in [6.07, 6.45) is 1.30. The van der Waals surface area contributed by atoms with Crippen LogP contribution in [0.1, 0.15) is 5.69 Å². The molecule has 0 aliphatic carbocycles. The summed E-state index contributed by atoms with van der Waals surface area (Å²) >= 11 is 0. The van der Waals surface area contributed by atoms with Crippen LogP contribution in [-0.4, -0.2) is 10.1 Å². The molecule has 0 saturated carbocycles. The minimum absolute atomic E-state index is 0.0162. The van der Waals surface area contributed by atoms with Gasteiger partial charge >= 0.3 is 0 Å². The van der Waals surface area contributed by atoms with Gasteiger partial charge in [0.05, 0.1) is 11.5 Å². The molecule has 6 nitrogen and oxygen atoms in total. The summed E-state index contributed by atoms with van der Waals surface area (Å²) in [4.78, 5) is 9.89. The van der Waals surface area contributed by atoms with Crippen molar-refractivity contribution in [2.24, 2.45) is 0 Å². The van der Waals surface area contributed by atoms with E-state index in [1.54, 1.807) is 0 Å². The quantitative estimate of drug-likeness (QED) is 0.670. The largest absolute Gasteiger partial charge is 0.371 e. The summed E-state index contributed by atoms with van der Waals surface area (Å²) in [5.41, 5.74) is -0.645. The standard InChI is InChI=1S/C10H7F2N3O3/c11-7-1-2-8(15(16)17)10(9(7)12)13-5-6-3-4-18-14-6/h1-4,13H,5H2. The first-order valence-electron chi connectivity index (χ1n) is 4.85. The van der Waals surface area contributed by atoms with E-state index < -0.39 is 27.9 Å². The van der Waals surface area contributed by atoms with Crippen molar-refractivity contribution in [3.63, 3.8) is 0 Å². The summed E-state index contributed by atoms with van der Waals surface area (Å²) < 4.78 is 31.0. The molecule has 0 radical (unpaired) electrons. The fraction of sp³-hybridized carbons (Fsp3) is 0.100. The predicted octanol–water partition coefficient (Wildman–Crippen LogP) is 2.47. The third kappa shape index (κ3) is 2.26. The van der Waals surface area contributed by atoms with Crippen LogP contribution in [-0.2, 0) is 6.54 Å². The molecule has 0 atom stereocenters. The molecule has 0 bridgehead atoms. The maximum atomic E-state index is 13.5. The maximum absolute atomic E-state index is 13.5. The summed E-state index contributed by atoms with van der Waals surface area (Å²) in [7, 11) is 0. The van der Waals surface area contributed by atoms with Crippen molar-refractivity contribution in [2.75, 3.05) is 5.32 Å². The number of rotatable bonds is 4. The van der Waals surface area contributed by atoms with E-state index in [0.717, 1.165) is 6.07 Å². The number of hydrogen-bond donors (Lipinski definition) is 1. The highest BCUT2D eigenvalue weighted by Gasteiger charge is 2.21. The van der Waals surface area contributed by atoms with Crippen LogP contribution < -0.4 is 5.32 Å². The molecule has 1 aromatic carbocycles. The van der Waals surface area contributed by atoms with Gasteiger partial charge in [-0.2, -0.15) is 0 Å². The smallest absolute Gasteiger partial charge is 0.295 e. The van der Waals surface area contributed by atoms with Gasteiger partial charge in [0.2, 0.25) is 0 Å². The second kappa shape index (κ2) is 4.78. The zero-order chi connectivity index (χ0) is 13.1. The predicted molar refractivity (Wildman–Crippen MR) is 56.8 cm³/mol. The third-order valence-electron chi connectivity index (χ3n) is 2.21. The lowest BCUT2D eigenvalue weighted by Crippen LogP contribution is -2.06. The first kappa shape index (κ1) is 12.0. The van der Waals surface area contributed by atoms with Crippen molar-refractivity contribution in [3.8, 4) is 0 Å². The number of nitro benzene ring substituents is 1. The monoisotopic (exact) mass is 255 g/mol. The molecule has 1 aromatic heterocycles. The molecule has 94 valence electrons. The Morgan fingerprint density at radius 2 is 2.17 bits per heavy atom. The van der Waals surface area contributed by atoms with Gasteiger partial charge in [0.15, 0.2) is 17.3 Å². The van der Waals surface area contributed by atoms with Crippen LogP contribution in [0.5, 0.6) is 0 Å². The molecule has 18 heavy (non-hydrogen) atoms. The highest BCUT2D eigenvalue weighted by molar-refractivity contribution is 5.62. The van der Waals surface area contributed by atoms with Crippen LogP contribution >= 0.6 is 0 Å². The van der Waals surface area contributed by atoms with Gasteiger partial charge in [0.25, 0.3) is 5.69 Å². The Morgan fingerprint density at radius 1 is 1.39 bits per heavy atom. The molecular formula is C10H7F2N3O3. The molecule has 0 aliphatic rings. The molecule has 1 N–H and O–H groups in total. The molecule has 0 spiro atoms. The number of hydrogen-bond acceptors (Lipinski definition) is 5. The lowest BCUT2D eigenvalue weighted by Gasteiger charge is -2.06. The van der Waals surface area contributed by atoms with Gasteiger partial charge < -0.3 is 9.84 Å². The Hall–Kier alpha value is -2.51. The summed E-state index contributed by atoms with van der Waals surface area (Å²) in [6.45, 7) is -0.0162. The first-order valence-corrected chi connectivity index (χ1v) is 4.85. The normalized spacial score (nSPS) is 10.3. The lowest BCUT2D eigenvalue weighted by atomic mass is 10.2. The Balaban J connectivity index is 2.30. The highest BCUT2D eigenvalue weighted by Crippen LogP contribution is 2.29. The van der Waals surface area contributed by atoms with Crippen molar-refractivity contribution in [1.82, 2.24) is 5.16 Å². The summed E-state index contributed by atoms with van der Waals surface area (Å²) in [5.74, 6) is -2.46. The Kier molecular flexibility index (Phi) is 3.18. The maximum Gasteiger partial charge on any atom is 0.295 e. The number of halogens is 2. The van der Waals surface area contributed by atoms with Gasteiger partial charge in [-0.15, -0.1) is 0 Å². The van der Waals surface area contributed by atoms with Crippen molar-refractivity contribution in [1.29, 1.82) is 0 Å². The molecule has 0 unspecified atom stereocenters. The van der Waals surface area contributed by atoms with Crippen LogP contribution in [0.4, 0.5) is 20.2 Å². The van der Waals surface area contributed by atoms with Gasteiger partial charge in [-0.25, -0.2) is 8.78 Å². The third-order valence-corrected chi connectivity index (χ3v) is 2.21. The number of benzene rings is 1. The van der Waals surface area contributed by atoms with Crippen molar-refractivity contribution in [3.05, 3.63) is 51.9 Å². The number of anilines is 1. The zero-order valence-corrected chi connectivity index (χ0v) is 8.89. The topological polar surface area (TPSA) is 81.2 Å². The molecule has 2 aromatic rings. The van der Waals surface area contributed by atoms with Crippen LogP contribution in [0, 0.1) is 21.7 Å². The van der Waals surface area contributed by atoms with E-state index in [-0.39, 0.29) is 6.54 Å². The molecule has 8 heteroatoms. The Labute approximate surface area is 99.4 Å². The zero-order valence-electron chi connectivity index (χ0n) is 8.89. The lowest BCUT2D eigenvalue weighted by molar-refractivity contribution is -0.384. The summed E-state index contributed by atoms with van der Waals surface area (Å²) in [6, 6.07) is 3.09. The second-order valence-electron chi connectivity index (χ2n) is 3.36. The molecule has 0 saturated heterocycles. The Bertz CT molecular complexity index is 572. The fourth-order valence-corrected chi connectivity index (χ4v) is 1.37. The first-order chi connectivity index (χ1) is 8.59. The summed E-state index contributed by atoms with van der Waals surface area (Å²) in [5, 5.41) is 16.7. The minimum Gasteiger partial charge on any atom is -0.371 e. The fourth-order valence-electron chi connectivity index (χ4n) is 1.37. The number of aromatic nitrogens is 1. The average Bonchev–Trinajstić information content (AvgIpc) is 2.83. The van der Waals surface area contributed by atoms with Crippen LogP contribution in [0.2, 0.25) is 0 Å². The van der Waals surface area contributed by atoms with E-state index in [2.05, 4.69) is 15.0 Å². The molecule has 2 rings (SSSR count). The van der Waals surface area contributed by atoms with Crippen LogP contribution in [0.25, 0.3) is 0 Å². The molecule has 0 fully saturated rings. The van der Waals surface area contributed by atoms with Gasteiger partial charge in [0.1, 0.15) is 12.0 Å². The molecule has 1 heterocycles. The number of nitrogens with one attached hydrogen (secondary N) is 1. The van der Waals surface area contributed by atoms with Crippen LogP contribution in [0.3, 0.4) is 0 Å². The number of nitro groups is 1. The second-order valence-corrected chi connectivity index (χ2v) is 3.36. The molecular weight excluding hydrogens is 248 g/mol. The Morgan fingerprint density at radius 3 is 2.78 bits per heavy atom. The van der Waals surface area contributed by atoms with Gasteiger partial charge in [-0.3, -0.25) is 10.1 Å². The van der Waals surface area contributed by atoms with Crippen molar-refractivity contribution in [2.45, 2.75) is 6.54 Å². The van der Waals surface area contributed by atoms with Gasteiger partial charge in [-0.05, 0) is 6.07 Å². The molecule has 0 amide bonds. The van der Waals surface area contributed by atoms with E-state index in [9.17, 15) is 18.9 Å². The highest BCUT2D eigenvalue weighted by atomic mass is 19.2. The van der Waals surface area contributed by atoms with E-state index >= 15 is 0 Å². The SMILES string of the molecule is O=[N+]([O-])c1ccc(F)c(F)c1NCc1ccon1. The van der Waals surface area contributed by atoms with E-state index in [4.69, 9.17) is 0 Å². The van der Waals surface area contributed by atoms with E-state index in [0.29, 0.717) is 11.8 Å². The van der Waals surface area contributed by atoms with Crippen molar-refractivity contribution < 1.29 is 18.2 Å². The van der Waals surface area contributed by atoms with Crippen LogP contribution in [0.15, 0.2) is 29.0 Å². The van der Waals surface area contributed by atoms with E-state index in [1.807, 2.05) is 0 Å². The number of nitrogens with zero attached hydrogens (tertiary/aromatic N) is 2. The minimum atomic E-state index is -1.30. The van der Waals surface area contributed by atoms with Gasteiger partial charge in [-0.1, -0.05) is 5.16 Å². The van der Waals surface area contributed by atoms with Gasteiger partial charge in [0, 0.05) is 12.1 Å². The van der Waals surface area contributed by atoms with E-state index in [1.165, 1.54) is 12.3 Å². The average molecular weight is 255 g/mol.